The summed E-state index contributed by atoms with van der Waals surface area (Å²) in [7, 11) is 0. The molecule has 8 heteroatoms. The Balaban J connectivity index is 1.23. The maximum atomic E-state index is 12.9. The molecule has 2 bridgehead atoms. The molecule has 5 nitrogen and oxygen atoms in total. The molecule has 7 atom stereocenters. The number of hydrazine groups is 1. The van der Waals surface area contributed by atoms with Crippen molar-refractivity contribution >= 4 is 17.7 Å². The highest BCUT2D eigenvalue weighted by molar-refractivity contribution is 6.08. The van der Waals surface area contributed by atoms with Crippen LogP contribution >= 0.6 is 0 Å². The standard InChI is InChI=1S/C20H15F3N2O3/c21-20(22,23)9-3-1-8(2-4-9)16(26)24-25-17(27)13-10-5-6-11(14(13)18(25)28)19-7-12(19)15(10)19/h1-6,10-15H,7H2,(H,24,26)/t10?,11?,12?,13-,14+,15?,19+/m0/s1. The van der Waals surface area contributed by atoms with E-state index in [-0.39, 0.29) is 22.8 Å². The lowest BCUT2D eigenvalue weighted by atomic mass is 9.58. The molecule has 28 heavy (non-hydrogen) atoms. The third-order valence-corrected chi connectivity index (χ3v) is 7.51. The third-order valence-electron chi connectivity index (χ3n) is 7.51. The van der Waals surface area contributed by atoms with Crippen molar-refractivity contribution in [1.29, 1.82) is 0 Å². The van der Waals surface area contributed by atoms with Crippen LogP contribution in [0.1, 0.15) is 22.3 Å². The fraction of sp³-hybridized carbons (Fsp3) is 0.450. The van der Waals surface area contributed by atoms with Gasteiger partial charge in [0.15, 0.2) is 0 Å². The van der Waals surface area contributed by atoms with Crippen LogP contribution in [0.15, 0.2) is 36.4 Å². The topological polar surface area (TPSA) is 66.5 Å². The highest BCUT2D eigenvalue weighted by atomic mass is 19.4. The molecule has 7 rings (SSSR count). The molecule has 1 aliphatic heterocycles. The first kappa shape index (κ1) is 16.3. The SMILES string of the molecule is O=C(NN1C(=O)[C@@H]2C3C=CC(C4C5C[C@@]543)[C@@H]2C1=O)c1ccc(C(F)(F)F)cc1. The van der Waals surface area contributed by atoms with E-state index in [1.165, 1.54) is 0 Å². The lowest BCUT2D eigenvalue weighted by Gasteiger charge is -2.42. The summed E-state index contributed by atoms with van der Waals surface area (Å²) in [4.78, 5) is 38.2. The summed E-state index contributed by atoms with van der Waals surface area (Å²) in [5, 5.41) is 0.793. The molecule has 4 fully saturated rings. The van der Waals surface area contributed by atoms with Gasteiger partial charge >= 0.3 is 6.18 Å². The van der Waals surface area contributed by atoms with E-state index in [1.54, 1.807) is 0 Å². The molecular formula is C20H15F3N2O3. The number of carbonyl (C=O) groups is 3. The van der Waals surface area contributed by atoms with Gasteiger partial charge in [-0.1, -0.05) is 12.2 Å². The van der Waals surface area contributed by atoms with Crippen LogP contribution in [0, 0.1) is 40.9 Å². The van der Waals surface area contributed by atoms with Crippen LogP contribution in [0.2, 0.25) is 0 Å². The molecule has 1 aromatic carbocycles. The van der Waals surface area contributed by atoms with E-state index in [1.807, 2.05) is 0 Å². The summed E-state index contributed by atoms with van der Waals surface area (Å²) in [5.41, 5.74) is 1.61. The van der Waals surface area contributed by atoms with Gasteiger partial charge < -0.3 is 0 Å². The van der Waals surface area contributed by atoms with E-state index in [0.717, 1.165) is 35.7 Å². The number of benzene rings is 1. The van der Waals surface area contributed by atoms with E-state index < -0.39 is 41.3 Å². The van der Waals surface area contributed by atoms with Crippen molar-refractivity contribution in [3.05, 3.63) is 47.5 Å². The Labute approximate surface area is 157 Å². The van der Waals surface area contributed by atoms with Gasteiger partial charge in [-0.05, 0) is 59.8 Å². The van der Waals surface area contributed by atoms with Crippen LogP contribution in [0.4, 0.5) is 13.2 Å². The Kier molecular flexibility index (Phi) is 2.72. The lowest BCUT2D eigenvalue weighted by Crippen LogP contribution is -2.46. The number of allylic oxidation sites excluding steroid dienone is 2. The number of nitrogens with one attached hydrogen (secondary N) is 1. The van der Waals surface area contributed by atoms with Gasteiger partial charge in [0.2, 0.25) is 0 Å². The Morgan fingerprint density at radius 3 is 2.39 bits per heavy atom. The van der Waals surface area contributed by atoms with Gasteiger partial charge in [-0.2, -0.15) is 18.2 Å². The van der Waals surface area contributed by atoms with Gasteiger partial charge in [0.1, 0.15) is 0 Å². The van der Waals surface area contributed by atoms with Gasteiger partial charge in [-0.15, -0.1) is 0 Å². The summed E-state index contributed by atoms with van der Waals surface area (Å²) >= 11 is 0. The van der Waals surface area contributed by atoms with Crippen LogP contribution in [-0.2, 0) is 15.8 Å². The van der Waals surface area contributed by atoms with Crippen LogP contribution in [0.5, 0.6) is 0 Å². The fourth-order valence-corrected chi connectivity index (χ4v) is 6.16. The highest BCUT2D eigenvalue weighted by Crippen LogP contribution is 2.91. The Morgan fingerprint density at radius 2 is 1.75 bits per heavy atom. The second kappa shape index (κ2) is 4.67. The first-order chi connectivity index (χ1) is 13.2. The fourth-order valence-electron chi connectivity index (χ4n) is 6.16. The zero-order valence-electron chi connectivity index (χ0n) is 14.4. The van der Waals surface area contributed by atoms with Gasteiger partial charge in [0, 0.05) is 5.56 Å². The molecule has 3 saturated carbocycles. The summed E-state index contributed by atoms with van der Waals surface area (Å²) in [6.45, 7) is 0. The maximum absolute atomic E-state index is 12.9. The lowest BCUT2D eigenvalue weighted by molar-refractivity contribution is -0.143. The molecule has 5 aliphatic carbocycles. The number of hydrogen-bond donors (Lipinski definition) is 1. The number of rotatable bonds is 2. The summed E-state index contributed by atoms with van der Waals surface area (Å²) in [5.74, 6) is -1.21. The number of carbonyl (C=O) groups excluding carboxylic acids is 3. The van der Waals surface area contributed by atoms with Gasteiger partial charge in [0.25, 0.3) is 17.7 Å². The zero-order chi connectivity index (χ0) is 19.6. The van der Waals surface area contributed by atoms with Gasteiger partial charge in [0.05, 0.1) is 17.4 Å². The summed E-state index contributed by atoms with van der Waals surface area (Å²) < 4.78 is 38.0. The van der Waals surface area contributed by atoms with Crippen LogP contribution in [-0.4, -0.2) is 22.7 Å². The van der Waals surface area contributed by atoms with Crippen LogP contribution in [0.25, 0.3) is 0 Å². The van der Waals surface area contributed by atoms with Gasteiger partial charge in [-0.3, -0.25) is 19.8 Å². The third kappa shape index (κ3) is 1.76. The predicted octanol–water partition coefficient (Wildman–Crippen LogP) is 2.40. The molecule has 1 saturated heterocycles. The van der Waals surface area contributed by atoms with Gasteiger partial charge in [-0.25, -0.2) is 0 Å². The number of imide groups is 1. The average Bonchev–Trinajstić information content (AvgIpc) is 3.51. The van der Waals surface area contributed by atoms with E-state index in [2.05, 4.69) is 17.6 Å². The summed E-state index contributed by atoms with van der Waals surface area (Å²) in [6, 6.07) is 3.66. The Hall–Kier alpha value is -2.64. The van der Waals surface area contributed by atoms with E-state index in [9.17, 15) is 27.6 Å². The van der Waals surface area contributed by atoms with Crippen molar-refractivity contribution in [1.82, 2.24) is 10.4 Å². The van der Waals surface area contributed by atoms with E-state index in [0.29, 0.717) is 11.8 Å². The first-order valence-electron chi connectivity index (χ1n) is 9.29. The quantitative estimate of drug-likeness (QED) is 0.625. The monoisotopic (exact) mass is 388 g/mol. The largest absolute Gasteiger partial charge is 0.416 e. The van der Waals surface area contributed by atoms with Crippen molar-refractivity contribution in [2.75, 3.05) is 0 Å². The minimum atomic E-state index is -4.50. The Bertz CT molecular complexity index is 985. The molecule has 1 heterocycles. The molecule has 6 aliphatic rings. The molecule has 3 amide bonds. The normalized spacial score (nSPS) is 41.5. The maximum Gasteiger partial charge on any atom is 0.416 e. The molecular weight excluding hydrogens is 373 g/mol. The first-order valence-corrected chi connectivity index (χ1v) is 9.29. The number of nitrogens with zero attached hydrogens (tertiary/aromatic N) is 1. The predicted molar refractivity (Wildman–Crippen MR) is 87.9 cm³/mol. The minimum absolute atomic E-state index is 0.0479. The number of amides is 3. The van der Waals surface area contributed by atoms with Crippen molar-refractivity contribution in [2.24, 2.45) is 40.9 Å². The second-order valence-corrected chi connectivity index (χ2v) is 8.52. The average molecular weight is 388 g/mol. The molecule has 4 unspecified atom stereocenters. The molecule has 0 radical (unpaired) electrons. The minimum Gasteiger partial charge on any atom is -0.272 e. The second-order valence-electron chi connectivity index (χ2n) is 8.52. The van der Waals surface area contributed by atoms with Crippen molar-refractivity contribution < 1.29 is 27.6 Å². The number of halogens is 3. The van der Waals surface area contributed by atoms with Crippen LogP contribution < -0.4 is 5.43 Å². The molecule has 0 aromatic heterocycles. The molecule has 1 N–H and O–H groups in total. The van der Waals surface area contributed by atoms with E-state index in [4.69, 9.17) is 0 Å². The molecule has 1 spiro atoms. The zero-order valence-corrected chi connectivity index (χ0v) is 14.4. The van der Waals surface area contributed by atoms with Crippen molar-refractivity contribution in [3.63, 3.8) is 0 Å². The van der Waals surface area contributed by atoms with Crippen molar-refractivity contribution in [2.45, 2.75) is 12.6 Å². The van der Waals surface area contributed by atoms with Crippen LogP contribution in [0.3, 0.4) is 0 Å². The van der Waals surface area contributed by atoms with E-state index >= 15 is 0 Å². The smallest absolute Gasteiger partial charge is 0.272 e. The molecule has 1 aromatic rings. The summed E-state index contributed by atoms with van der Waals surface area (Å²) in [6.07, 6.45) is 0.743. The Morgan fingerprint density at radius 1 is 1.07 bits per heavy atom. The number of hydrogen-bond acceptors (Lipinski definition) is 3. The number of alkyl halides is 3. The molecule has 144 valence electrons. The highest BCUT2D eigenvalue weighted by Gasteiger charge is 2.88. The van der Waals surface area contributed by atoms with Crippen molar-refractivity contribution in [3.8, 4) is 0 Å².